The lowest BCUT2D eigenvalue weighted by molar-refractivity contribution is -0.0119. The van der Waals surface area contributed by atoms with Crippen LogP contribution in [0.3, 0.4) is 0 Å². The van der Waals surface area contributed by atoms with Crippen LogP contribution in [-0.4, -0.2) is 28.1 Å². The summed E-state index contributed by atoms with van der Waals surface area (Å²) in [5.41, 5.74) is 3.02. The third-order valence-corrected chi connectivity index (χ3v) is 8.55. The molecule has 3 heteroatoms. The van der Waals surface area contributed by atoms with Crippen molar-refractivity contribution in [3.63, 3.8) is 0 Å². The van der Waals surface area contributed by atoms with Crippen molar-refractivity contribution >= 4 is 0 Å². The number of rotatable bonds is 6. The minimum atomic E-state index is -1.24. The van der Waals surface area contributed by atoms with Gasteiger partial charge in [-0.05, 0) is 107 Å². The largest absolute Gasteiger partial charge is 0.393 e. The number of aliphatic hydroxyl groups excluding tert-OH is 1. The van der Waals surface area contributed by atoms with Crippen molar-refractivity contribution in [3.8, 4) is 0 Å². The van der Waals surface area contributed by atoms with E-state index in [2.05, 4.69) is 32.6 Å². The lowest BCUT2D eigenvalue weighted by Crippen LogP contribution is -2.37. The quantitative estimate of drug-likeness (QED) is 0.505. The van der Waals surface area contributed by atoms with Gasteiger partial charge in [-0.15, -0.1) is 0 Å². The molecule has 3 rings (SSSR count). The van der Waals surface area contributed by atoms with Crippen LogP contribution in [0, 0.1) is 23.2 Å². The van der Waals surface area contributed by atoms with Crippen molar-refractivity contribution in [1.29, 1.82) is 0 Å². The van der Waals surface area contributed by atoms with Crippen molar-refractivity contribution in [2.75, 3.05) is 0 Å². The molecule has 0 heterocycles. The van der Waals surface area contributed by atoms with Gasteiger partial charge >= 0.3 is 0 Å². The zero-order chi connectivity index (χ0) is 22.1. The van der Waals surface area contributed by atoms with Crippen LogP contribution in [0.2, 0.25) is 0 Å². The SMILES string of the molecule is C=C1CC[C@H](O)CC1=CC=C1CCC[C@@]2(C)C1CC[C@@H]2[C@H](C)CCC(F)C(C)(C)O. The average molecular weight is 419 g/mol. The molecule has 2 N–H and O–H groups in total. The zero-order valence-corrected chi connectivity index (χ0v) is 19.6. The normalized spacial score (nSPS) is 37.4. The van der Waals surface area contributed by atoms with E-state index in [-0.39, 0.29) is 6.10 Å². The predicted octanol–water partition coefficient (Wildman–Crippen LogP) is 6.68. The molecule has 2 unspecified atom stereocenters. The van der Waals surface area contributed by atoms with Gasteiger partial charge in [0.1, 0.15) is 6.17 Å². The highest BCUT2D eigenvalue weighted by Gasteiger charge is 2.50. The Hall–Kier alpha value is -0.930. The van der Waals surface area contributed by atoms with Crippen LogP contribution in [0.15, 0.2) is 35.5 Å². The fourth-order valence-electron chi connectivity index (χ4n) is 6.57. The summed E-state index contributed by atoms with van der Waals surface area (Å²) >= 11 is 0. The first-order valence-corrected chi connectivity index (χ1v) is 12.1. The van der Waals surface area contributed by atoms with E-state index < -0.39 is 11.8 Å². The van der Waals surface area contributed by atoms with Gasteiger partial charge in [-0.25, -0.2) is 4.39 Å². The third-order valence-electron chi connectivity index (χ3n) is 8.55. The Bertz CT molecular complexity index is 685. The molecule has 0 radical (unpaired) electrons. The van der Waals surface area contributed by atoms with Crippen LogP contribution >= 0.6 is 0 Å². The van der Waals surface area contributed by atoms with Gasteiger partial charge in [-0.3, -0.25) is 0 Å². The van der Waals surface area contributed by atoms with Gasteiger partial charge in [-0.2, -0.15) is 0 Å². The zero-order valence-electron chi connectivity index (χ0n) is 19.6. The Morgan fingerprint density at radius 3 is 2.63 bits per heavy atom. The summed E-state index contributed by atoms with van der Waals surface area (Å²) < 4.78 is 14.3. The molecule has 0 spiro atoms. The maximum Gasteiger partial charge on any atom is 0.128 e. The maximum atomic E-state index is 14.3. The molecule has 0 aromatic carbocycles. The summed E-state index contributed by atoms with van der Waals surface area (Å²) in [7, 11) is 0. The van der Waals surface area contributed by atoms with Crippen molar-refractivity contribution in [3.05, 3.63) is 35.5 Å². The van der Waals surface area contributed by atoms with Crippen molar-refractivity contribution in [2.45, 2.75) is 110 Å². The number of hydrogen-bond acceptors (Lipinski definition) is 2. The number of hydrogen-bond donors (Lipinski definition) is 2. The first-order valence-electron chi connectivity index (χ1n) is 12.1. The molecule has 0 aliphatic heterocycles. The molecule has 3 fully saturated rings. The third kappa shape index (κ3) is 5.10. The van der Waals surface area contributed by atoms with E-state index in [0.29, 0.717) is 29.6 Å². The van der Waals surface area contributed by atoms with Crippen molar-refractivity contribution < 1.29 is 14.6 Å². The predicted molar refractivity (Wildman–Crippen MR) is 123 cm³/mol. The Balaban J connectivity index is 1.69. The van der Waals surface area contributed by atoms with Crippen LogP contribution in [0.1, 0.15) is 91.9 Å². The highest BCUT2D eigenvalue weighted by atomic mass is 19.1. The molecule has 0 aromatic heterocycles. The molecule has 0 amide bonds. The molecule has 30 heavy (non-hydrogen) atoms. The number of halogens is 1. The number of fused-ring (bicyclic) bond motifs is 1. The lowest BCUT2D eigenvalue weighted by Gasteiger charge is -2.44. The summed E-state index contributed by atoms with van der Waals surface area (Å²) in [4.78, 5) is 0. The summed E-state index contributed by atoms with van der Waals surface area (Å²) in [5.74, 6) is 1.72. The van der Waals surface area contributed by atoms with E-state index in [1.165, 1.54) is 43.3 Å². The van der Waals surface area contributed by atoms with Crippen molar-refractivity contribution in [2.24, 2.45) is 23.2 Å². The van der Waals surface area contributed by atoms with Gasteiger partial charge in [0, 0.05) is 0 Å². The smallest absolute Gasteiger partial charge is 0.128 e. The number of aliphatic hydroxyl groups is 2. The average Bonchev–Trinajstić information content (AvgIpc) is 3.03. The topological polar surface area (TPSA) is 40.5 Å². The first-order chi connectivity index (χ1) is 14.0. The molecular formula is C27H43FO2. The number of alkyl halides is 1. The van der Waals surface area contributed by atoms with Crippen LogP contribution in [0.25, 0.3) is 0 Å². The second kappa shape index (κ2) is 9.28. The van der Waals surface area contributed by atoms with Crippen molar-refractivity contribution in [1.82, 2.24) is 0 Å². The lowest BCUT2D eigenvalue weighted by atomic mass is 9.60. The molecule has 2 nitrogen and oxygen atoms in total. The highest BCUT2D eigenvalue weighted by Crippen LogP contribution is 2.60. The van der Waals surface area contributed by atoms with Gasteiger partial charge in [0.25, 0.3) is 0 Å². The van der Waals surface area contributed by atoms with E-state index in [9.17, 15) is 14.6 Å². The molecular weight excluding hydrogens is 375 g/mol. The summed E-state index contributed by atoms with van der Waals surface area (Å²) in [6.07, 6.45) is 13.1. The first kappa shape index (κ1) is 23.7. The minimum Gasteiger partial charge on any atom is -0.393 e. The van der Waals surface area contributed by atoms with Gasteiger partial charge in [0.15, 0.2) is 0 Å². The number of allylic oxidation sites excluding steroid dienone is 4. The Morgan fingerprint density at radius 2 is 1.93 bits per heavy atom. The van der Waals surface area contributed by atoms with Gasteiger partial charge in [-0.1, -0.05) is 43.7 Å². The van der Waals surface area contributed by atoms with Gasteiger partial charge < -0.3 is 10.2 Å². The maximum absolute atomic E-state index is 14.3. The van der Waals surface area contributed by atoms with Gasteiger partial charge in [0.05, 0.1) is 11.7 Å². The fraction of sp³-hybridized carbons (Fsp3) is 0.778. The Kier molecular flexibility index (Phi) is 7.34. The van der Waals surface area contributed by atoms with E-state index in [4.69, 9.17) is 0 Å². The van der Waals surface area contributed by atoms with E-state index in [1.807, 2.05) is 0 Å². The monoisotopic (exact) mass is 418 g/mol. The Morgan fingerprint density at radius 1 is 1.20 bits per heavy atom. The molecule has 0 saturated heterocycles. The second-order valence-electron chi connectivity index (χ2n) is 11.2. The second-order valence-corrected chi connectivity index (χ2v) is 11.2. The highest BCUT2D eigenvalue weighted by molar-refractivity contribution is 5.36. The standard InChI is InChI=1S/C27H43FO2/c1-18-8-12-22(29)17-21(18)11-10-20-7-6-16-27(5)23(13-14-24(20)27)19(2)9-15-25(28)26(3,4)30/h10-11,19,22-25,29-30H,1,6-9,12-17H2,2-5H3/t19-,22+,23-,24?,25?,27-/m1/s1. The van der Waals surface area contributed by atoms with E-state index in [1.54, 1.807) is 19.4 Å². The molecule has 3 aliphatic carbocycles. The van der Waals surface area contributed by atoms with E-state index in [0.717, 1.165) is 25.7 Å². The van der Waals surface area contributed by atoms with Crippen LogP contribution in [0.4, 0.5) is 4.39 Å². The molecule has 3 aliphatic rings. The summed E-state index contributed by atoms with van der Waals surface area (Å²) in [6, 6.07) is 0. The van der Waals surface area contributed by atoms with Gasteiger partial charge in [0.2, 0.25) is 0 Å². The molecule has 170 valence electrons. The van der Waals surface area contributed by atoms with Crippen LogP contribution in [0.5, 0.6) is 0 Å². The summed E-state index contributed by atoms with van der Waals surface area (Å²) in [6.45, 7) is 12.1. The molecule has 6 atom stereocenters. The summed E-state index contributed by atoms with van der Waals surface area (Å²) in [5, 5.41) is 19.9. The minimum absolute atomic E-state index is 0.225. The fourth-order valence-corrected chi connectivity index (χ4v) is 6.57. The molecule has 0 aromatic rings. The van der Waals surface area contributed by atoms with Crippen LogP contribution in [-0.2, 0) is 0 Å². The molecule has 0 bridgehead atoms. The molecule has 3 saturated carbocycles. The van der Waals surface area contributed by atoms with Crippen LogP contribution < -0.4 is 0 Å². The Labute approximate surface area is 183 Å². The van der Waals surface area contributed by atoms with E-state index >= 15 is 0 Å².